The molecular weight excluding hydrogens is 420 g/mol. The summed E-state index contributed by atoms with van der Waals surface area (Å²) in [5.74, 6) is -4.16. The standard InChI is InChI=1S/C16H26N6O7S/c1-7(24)12(15(27)20-10(4-23)16(28)29)22-14(26)11(5-30)21-13(25)9(17)2-8-3-18-6-19-8/h3,6-7,9-12,23-24,30H,2,4-5,17H2,1H3,(H,18,19)(H,20,27)(H,21,25)(H,22,26)(H,28,29). The zero-order chi connectivity index (χ0) is 22.8. The van der Waals surface area contributed by atoms with Crippen molar-refractivity contribution in [2.75, 3.05) is 12.4 Å². The molecule has 0 radical (unpaired) electrons. The Morgan fingerprint density at radius 3 is 2.27 bits per heavy atom. The van der Waals surface area contributed by atoms with Crippen molar-refractivity contribution in [3.05, 3.63) is 18.2 Å². The number of carbonyl (C=O) groups is 4. The molecule has 0 bridgehead atoms. The lowest BCUT2D eigenvalue weighted by atomic mass is 10.1. The third-order valence-electron chi connectivity index (χ3n) is 4.01. The summed E-state index contributed by atoms with van der Waals surface area (Å²) in [6, 6.07) is -5.33. The number of thiol groups is 1. The van der Waals surface area contributed by atoms with Crippen LogP contribution in [-0.4, -0.2) is 91.6 Å². The first-order valence-corrected chi connectivity index (χ1v) is 9.50. The molecule has 1 aromatic heterocycles. The molecule has 168 valence electrons. The fraction of sp³-hybridized carbons (Fsp3) is 0.562. The number of amides is 3. The van der Waals surface area contributed by atoms with E-state index in [1.54, 1.807) is 0 Å². The molecule has 5 unspecified atom stereocenters. The van der Waals surface area contributed by atoms with Crippen molar-refractivity contribution in [1.82, 2.24) is 25.9 Å². The van der Waals surface area contributed by atoms with E-state index in [2.05, 4.69) is 33.2 Å². The van der Waals surface area contributed by atoms with Gasteiger partial charge in [-0.2, -0.15) is 12.6 Å². The Balaban J connectivity index is 2.74. The molecule has 0 spiro atoms. The number of hydrogen-bond donors (Lipinski definition) is 9. The molecule has 1 heterocycles. The largest absolute Gasteiger partial charge is 0.480 e. The minimum absolute atomic E-state index is 0.142. The topological polar surface area (TPSA) is 220 Å². The molecule has 0 aromatic carbocycles. The molecular formula is C16H26N6O7S. The Bertz CT molecular complexity index is 730. The van der Waals surface area contributed by atoms with Crippen molar-refractivity contribution in [3.8, 4) is 0 Å². The Kier molecular flexibility index (Phi) is 10.2. The second kappa shape index (κ2) is 12.1. The number of aromatic amines is 1. The quantitative estimate of drug-likeness (QED) is 0.143. The minimum Gasteiger partial charge on any atom is -0.480 e. The van der Waals surface area contributed by atoms with Crippen LogP contribution in [-0.2, 0) is 25.6 Å². The van der Waals surface area contributed by atoms with E-state index in [1.807, 2.05) is 5.32 Å². The second-order valence-electron chi connectivity index (χ2n) is 6.44. The Hall–Kier alpha value is -2.68. The monoisotopic (exact) mass is 446 g/mol. The minimum atomic E-state index is -1.61. The van der Waals surface area contributed by atoms with E-state index < -0.39 is 60.6 Å². The van der Waals surface area contributed by atoms with Crippen LogP contribution in [0.15, 0.2) is 12.5 Å². The van der Waals surface area contributed by atoms with Crippen LogP contribution in [0.25, 0.3) is 0 Å². The van der Waals surface area contributed by atoms with Crippen molar-refractivity contribution in [1.29, 1.82) is 0 Å². The van der Waals surface area contributed by atoms with Gasteiger partial charge in [-0.3, -0.25) is 14.4 Å². The van der Waals surface area contributed by atoms with Gasteiger partial charge in [0.1, 0.15) is 18.1 Å². The lowest BCUT2D eigenvalue weighted by Crippen LogP contribution is -2.60. The molecule has 14 heteroatoms. The van der Waals surface area contributed by atoms with Crippen LogP contribution >= 0.6 is 12.6 Å². The first-order chi connectivity index (χ1) is 14.1. The number of hydrogen-bond acceptors (Lipinski definition) is 9. The van der Waals surface area contributed by atoms with E-state index in [9.17, 15) is 24.3 Å². The maximum Gasteiger partial charge on any atom is 0.328 e. The first kappa shape index (κ1) is 25.4. The molecule has 1 rings (SSSR count). The number of aliphatic carboxylic acids is 1. The Labute approximate surface area is 177 Å². The van der Waals surface area contributed by atoms with Crippen molar-refractivity contribution < 1.29 is 34.5 Å². The SMILES string of the molecule is CC(O)C(NC(=O)C(CS)NC(=O)C(N)Cc1cnc[nH]1)C(=O)NC(CO)C(=O)O. The summed E-state index contributed by atoms with van der Waals surface area (Å²) in [4.78, 5) is 54.5. The number of aromatic nitrogens is 2. The fourth-order valence-electron chi connectivity index (χ4n) is 2.30. The van der Waals surface area contributed by atoms with E-state index in [1.165, 1.54) is 19.4 Å². The van der Waals surface area contributed by atoms with Crippen molar-refractivity contribution >= 4 is 36.3 Å². The van der Waals surface area contributed by atoms with E-state index in [-0.39, 0.29) is 12.2 Å². The second-order valence-corrected chi connectivity index (χ2v) is 6.81. The molecule has 0 fully saturated rings. The predicted molar refractivity (Wildman–Crippen MR) is 106 cm³/mol. The number of nitrogens with zero attached hydrogens (tertiary/aromatic N) is 1. The highest BCUT2D eigenvalue weighted by Crippen LogP contribution is 2.01. The number of carbonyl (C=O) groups excluding carboxylic acids is 3. The number of nitrogens with one attached hydrogen (secondary N) is 4. The molecule has 1 aromatic rings. The van der Waals surface area contributed by atoms with Gasteiger partial charge in [0.2, 0.25) is 17.7 Å². The molecule has 30 heavy (non-hydrogen) atoms. The van der Waals surface area contributed by atoms with Crippen LogP contribution in [0, 0.1) is 0 Å². The van der Waals surface area contributed by atoms with Gasteiger partial charge >= 0.3 is 5.97 Å². The van der Waals surface area contributed by atoms with E-state index in [0.29, 0.717) is 5.69 Å². The number of aliphatic hydroxyl groups excluding tert-OH is 2. The summed E-state index contributed by atoms with van der Waals surface area (Å²) in [5.41, 5.74) is 6.43. The smallest absolute Gasteiger partial charge is 0.328 e. The summed E-state index contributed by atoms with van der Waals surface area (Å²) in [6.07, 6.45) is 1.67. The normalized spacial score (nSPS) is 15.9. The zero-order valence-electron chi connectivity index (χ0n) is 16.1. The summed E-state index contributed by atoms with van der Waals surface area (Å²) in [5, 5.41) is 34.3. The number of carboxylic acid groups (broad SMARTS) is 1. The van der Waals surface area contributed by atoms with Gasteiger partial charge in [0, 0.05) is 24.1 Å². The number of imidazole rings is 1. The number of H-pyrrole nitrogens is 1. The molecule has 0 aliphatic carbocycles. The van der Waals surface area contributed by atoms with Gasteiger partial charge < -0.3 is 42.0 Å². The van der Waals surface area contributed by atoms with Crippen LogP contribution < -0.4 is 21.7 Å². The van der Waals surface area contributed by atoms with Gasteiger partial charge in [-0.1, -0.05) is 0 Å². The molecule has 5 atom stereocenters. The number of aliphatic hydroxyl groups is 2. The lowest BCUT2D eigenvalue weighted by molar-refractivity contribution is -0.144. The fourth-order valence-corrected chi connectivity index (χ4v) is 2.56. The molecule has 13 nitrogen and oxygen atoms in total. The third-order valence-corrected chi connectivity index (χ3v) is 4.37. The van der Waals surface area contributed by atoms with Gasteiger partial charge in [-0.25, -0.2) is 9.78 Å². The van der Waals surface area contributed by atoms with Gasteiger partial charge in [-0.05, 0) is 6.92 Å². The first-order valence-electron chi connectivity index (χ1n) is 8.87. The average Bonchev–Trinajstić information content (AvgIpc) is 3.19. The summed E-state index contributed by atoms with van der Waals surface area (Å²) < 4.78 is 0. The van der Waals surface area contributed by atoms with Gasteiger partial charge in [0.25, 0.3) is 0 Å². The molecule has 0 saturated carbocycles. The van der Waals surface area contributed by atoms with Crippen LogP contribution in [0.1, 0.15) is 12.6 Å². The molecule has 9 N–H and O–H groups in total. The van der Waals surface area contributed by atoms with Gasteiger partial charge in [-0.15, -0.1) is 0 Å². The van der Waals surface area contributed by atoms with Crippen molar-refractivity contribution in [2.24, 2.45) is 5.73 Å². The third kappa shape index (κ3) is 7.62. The average molecular weight is 446 g/mol. The van der Waals surface area contributed by atoms with Crippen LogP contribution in [0.4, 0.5) is 0 Å². The summed E-state index contributed by atoms with van der Waals surface area (Å²) >= 11 is 4.00. The van der Waals surface area contributed by atoms with Gasteiger partial charge in [0.15, 0.2) is 0 Å². The van der Waals surface area contributed by atoms with Crippen molar-refractivity contribution in [2.45, 2.75) is 43.6 Å². The van der Waals surface area contributed by atoms with E-state index in [4.69, 9.17) is 15.9 Å². The molecule has 0 saturated heterocycles. The lowest BCUT2D eigenvalue weighted by Gasteiger charge is -2.25. The maximum absolute atomic E-state index is 12.5. The number of nitrogens with two attached hydrogens (primary N) is 1. The molecule has 0 aliphatic rings. The zero-order valence-corrected chi connectivity index (χ0v) is 17.0. The Morgan fingerprint density at radius 2 is 1.80 bits per heavy atom. The highest BCUT2D eigenvalue weighted by Gasteiger charge is 2.32. The molecule has 3 amide bonds. The van der Waals surface area contributed by atoms with Crippen molar-refractivity contribution in [3.63, 3.8) is 0 Å². The highest BCUT2D eigenvalue weighted by molar-refractivity contribution is 7.80. The highest BCUT2D eigenvalue weighted by atomic mass is 32.1. The number of rotatable bonds is 12. The van der Waals surface area contributed by atoms with Gasteiger partial charge in [0.05, 0.1) is 25.1 Å². The Morgan fingerprint density at radius 1 is 1.17 bits per heavy atom. The maximum atomic E-state index is 12.5. The molecule has 0 aliphatic heterocycles. The summed E-state index contributed by atoms with van der Waals surface area (Å²) in [7, 11) is 0. The number of carboxylic acids is 1. The van der Waals surface area contributed by atoms with Crippen LogP contribution in [0.2, 0.25) is 0 Å². The van der Waals surface area contributed by atoms with Crippen LogP contribution in [0.3, 0.4) is 0 Å². The summed E-state index contributed by atoms with van der Waals surface area (Å²) in [6.45, 7) is 0.318. The van der Waals surface area contributed by atoms with Crippen LogP contribution in [0.5, 0.6) is 0 Å². The van der Waals surface area contributed by atoms with E-state index in [0.717, 1.165) is 0 Å². The predicted octanol–water partition coefficient (Wildman–Crippen LogP) is -3.88. The van der Waals surface area contributed by atoms with E-state index >= 15 is 0 Å².